The van der Waals surface area contributed by atoms with E-state index in [0.29, 0.717) is 5.56 Å². The third-order valence-electron chi connectivity index (χ3n) is 7.04. The van der Waals surface area contributed by atoms with Crippen LogP contribution in [0.5, 0.6) is 0 Å². The number of benzene rings is 5. The first-order chi connectivity index (χ1) is 17.2. The molecule has 1 unspecified atom stereocenters. The number of hydrogen-bond acceptors (Lipinski definition) is 2. The van der Waals surface area contributed by atoms with Crippen LogP contribution in [0.15, 0.2) is 115 Å². The second-order valence-electron chi connectivity index (χ2n) is 8.83. The highest BCUT2D eigenvalue weighted by molar-refractivity contribution is 7.86. The fourth-order valence-electron chi connectivity index (χ4n) is 5.53. The summed E-state index contributed by atoms with van der Waals surface area (Å²) in [6.45, 7) is 0. The van der Waals surface area contributed by atoms with E-state index in [1.54, 1.807) is 0 Å². The molecule has 1 aromatic heterocycles. The Morgan fingerprint density at radius 3 is 2.17 bits per heavy atom. The highest BCUT2D eigenvalue weighted by Crippen LogP contribution is 2.54. The molecule has 6 aromatic rings. The average Bonchev–Trinajstić information content (AvgIpc) is 3.40. The molecular formula is C31H19N2OP. The van der Waals surface area contributed by atoms with E-state index in [9.17, 15) is 5.26 Å². The molecule has 5 aromatic carbocycles. The van der Waals surface area contributed by atoms with Gasteiger partial charge in [0, 0.05) is 37.9 Å². The molecule has 0 bridgehead atoms. The lowest BCUT2D eigenvalue weighted by Crippen LogP contribution is -2.20. The normalized spacial score (nSPS) is 16.2. The van der Waals surface area contributed by atoms with Crippen LogP contribution in [0.25, 0.3) is 38.6 Å². The summed E-state index contributed by atoms with van der Waals surface area (Å²) in [7, 11) is -3.03. The van der Waals surface area contributed by atoms with Crippen molar-refractivity contribution >= 4 is 44.9 Å². The molecule has 35 heavy (non-hydrogen) atoms. The number of nitrogens with zero attached hydrogens (tertiary/aromatic N) is 2. The SMILES string of the molecule is N#Cc1ccc(-n2c3ccccc3c3ccc4c(c32)-c2ccccc2P4(=O)c2ccccc2)cc1. The molecule has 0 spiro atoms. The summed E-state index contributed by atoms with van der Waals surface area (Å²) < 4.78 is 17.3. The number of aromatic nitrogens is 1. The van der Waals surface area contributed by atoms with E-state index >= 15 is 4.57 Å². The molecule has 2 heterocycles. The van der Waals surface area contributed by atoms with Crippen molar-refractivity contribution in [1.29, 1.82) is 5.26 Å². The van der Waals surface area contributed by atoms with Crippen LogP contribution < -0.4 is 15.9 Å². The zero-order valence-corrected chi connectivity index (χ0v) is 19.6. The molecule has 0 saturated heterocycles. The van der Waals surface area contributed by atoms with Crippen molar-refractivity contribution in [3.05, 3.63) is 121 Å². The zero-order valence-electron chi connectivity index (χ0n) is 18.7. The van der Waals surface area contributed by atoms with Crippen LogP contribution >= 0.6 is 7.14 Å². The van der Waals surface area contributed by atoms with Crippen molar-refractivity contribution in [2.24, 2.45) is 0 Å². The van der Waals surface area contributed by atoms with E-state index in [1.165, 1.54) is 0 Å². The van der Waals surface area contributed by atoms with Gasteiger partial charge in [-0.3, -0.25) is 0 Å². The Morgan fingerprint density at radius 1 is 0.657 bits per heavy atom. The van der Waals surface area contributed by atoms with E-state index in [-0.39, 0.29) is 0 Å². The van der Waals surface area contributed by atoms with Gasteiger partial charge in [-0.2, -0.15) is 5.26 Å². The predicted molar refractivity (Wildman–Crippen MR) is 144 cm³/mol. The first-order valence-corrected chi connectivity index (χ1v) is 13.3. The van der Waals surface area contributed by atoms with Crippen molar-refractivity contribution in [2.45, 2.75) is 0 Å². The van der Waals surface area contributed by atoms with Crippen LogP contribution in [-0.4, -0.2) is 4.57 Å². The molecule has 0 fully saturated rings. The lowest BCUT2D eigenvalue weighted by molar-refractivity contribution is 0.593. The van der Waals surface area contributed by atoms with E-state index in [1.807, 2.05) is 78.9 Å². The molecule has 1 aliphatic heterocycles. The van der Waals surface area contributed by atoms with Gasteiger partial charge in [0.2, 0.25) is 0 Å². The van der Waals surface area contributed by atoms with E-state index < -0.39 is 7.14 Å². The van der Waals surface area contributed by atoms with Gasteiger partial charge >= 0.3 is 0 Å². The lowest BCUT2D eigenvalue weighted by Gasteiger charge is -2.16. The predicted octanol–water partition coefficient (Wildman–Crippen LogP) is 6.28. The van der Waals surface area contributed by atoms with Crippen molar-refractivity contribution in [2.75, 3.05) is 0 Å². The molecule has 4 heteroatoms. The second kappa shape index (κ2) is 7.31. The quantitative estimate of drug-likeness (QED) is 0.282. The van der Waals surface area contributed by atoms with Crippen LogP contribution in [0.3, 0.4) is 0 Å². The molecule has 0 amide bonds. The van der Waals surface area contributed by atoms with Crippen molar-refractivity contribution < 1.29 is 4.57 Å². The summed E-state index contributed by atoms with van der Waals surface area (Å²) in [5.74, 6) is 0. The van der Waals surface area contributed by atoms with Crippen LogP contribution in [0.4, 0.5) is 0 Å². The fraction of sp³-hybridized carbons (Fsp3) is 0. The van der Waals surface area contributed by atoms with Gasteiger partial charge in [0.15, 0.2) is 7.14 Å². The van der Waals surface area contributed by atoms with Crippen molar-refractivity contribution in [3.63, 3.8) is 0 Å². The summed E-state index contributed by atoms with van der Waals surface area (Å²) in [6, 6.07) is 40.4. The number of nitriles is 1. The summed E-state index contributed by atoms with van der Waals surface area (Å²) >= 11 is 0. The highest BCUT2D eigenvalue weighted by atomic mass is 31.2. The molecule has 0 radical (unpaired) electrons. The lowest BCUT2D eigenvalue weighted by atomic mass is 10.0. The minimum absolute atomic E-state index is 0.624. The first kappa shape index (κ1) is 20.0. The van der Waals surface area contributed by atoms with Gasteiger partial charge in [-0.15, -0.1) is 0 Å². The third-order valence-corrected chi connectivity index (χ3v) is 10.2. The van der Waals surface area contributed by atoms with Crippen LogP contribution in [-0.2, 0) is 4.57 Å². The molecule has 0 aliphatic carbocycles. The minimum atomic E-state index is -3.03. The standard InChI is InChI=1S/C31H19N2OP/c32-20-21-14-16-22(17-15-21)33-27-12-6-4-10-24(27)25-18-19-29-30(31(25)33)26-11-5-7-13-28(26)35(29,34)23-8-2-1-3-9-23/h1-19H. The topological polar surface area (TPSA) is 45.8 Å². The first-order valence-electron chi connectivity index (χ1n) is 11.5. The summed E-state index contributed by atoms with van der Waals surface area (Å²) in [5, 5.41) is 14.2. The molecule has 0 N–H and O–H groups in total. The van der Waals surface area contributed by atoms with Gasteiger partial charge in [-0.25, -0.2) is 0 Å². The summed E-state index contributed by atoms with van der Waals surface area (Å²) in [5.41, 5.74) is 5.79. The van der Waals surface area contributed by atoms with Gasteiger partial charge in [0.05, 0.1) is 22.7 Å². The fourth-order valence-corrected chi connectivity index (χ4v) is 8.59. The number of para-hydroxylation sites is 1. The smallest absolute Gasteiger partial charge is 0.172 e. The molecule has 0 saturated carbocycles. The maximum Gasteiger partial charge on any atom is 0.172 e. The van der Waals surface area contributed by atoms with Crippen LogP contribution in [0.1, 0.15) is 5.56 Å². The van der Waals surface area contributed by atoms with Crippen LogP contribution in [0, 0.1) is 11.3 Å². The highest BCUT2D eigenvalue weighted by Gasteiger charge is 2.41. The van der Waals surface area contributed by atoms with Crippen molar-refractivity contribution in [3.8, 4) is 22.9 Å². The molecule has 1 aliphatic rings. The monoisotopic (exact) mass is 466 g/mol. The van der Waals surface area contributed by atoms with Crippen molar-refractivity contribution in [1.82, 2.24) is 4.57 Å². The Kier molecular flexibility index (Phi) is 4.18. The van der Waals surface area contributed by atoms with Gasteiger partial charge in [0.25, 0.3) is 0 Å². The van der Waals surface area contributed by atoms with Gasteiger partial charge in [-0.1, -0.05) is 78.9 Å². The third kappa shape index (κ3) is 2.63. The zero-order chi connectivity index (χ0) is 23.6. The van der Waals surface area contributed by atoms with Gasteiger partial charge < -0.3 is 9.13 Å². The van der Waals surface area contributed by atoms with E-state index in [4.69, 9.17) is 0 Å². The average molecular weight is 466 g/mol. The van der Waals surface area contributed by atoms with Crippen LogP contribution in [0.2, 0.25) is 0 Å². The minimum Gasteiger partial charge on any atom is -0.309 e. The Labute approximate surface area is 202 Å². The largest absolute Gasteiger partial charge is 0.309 e. The maximum absolute atomic E-state index is 15.0. The summed E-state index contributed by atoms with van der Waals surface area (Å²) in [6.07, 6.45) is 0. The maximum atomic E-state index is 15.0. The number of hydrogen-bond donors (Lipinski definition) is 0. The number of rotatable bonds is 2. The Bertz CT molecular complexity index is 1880. The van der Waals surface area contributed by atoms with E-state index in [2.05, 4.69) is 47.0 Å². The van der Waals surface area contributed by atoms with E-state index in [0.717, 1.165) is 54.5 Å². The molecule has 7 rings (SSSR count). The second-order valence-corrected chi connectivity index (χ2v) is 11.5. The van der Waals surface area contributed by atoms with Gasteiger partial charge in [-0.05, 0) is 42.0 Å². The number of fused-ring (bicyclic) bond motifs is 7. The Balaban J connectivity index is 1.68. The molecule has 3 nitrogen and oxygen atoms in total. The Hall–Kier alpha value is -4.38. The molecule has 164 valence electrons. The summed E-state index contributed by atoms with van der Waals surface area (Å²) in [4.78, 5) is 0. The Morgan fingerprint density at radius 2 is 1.37 bits per heavy atom. The van der Waals surface area contributed by atoms with Gasteiger partial charge in [0.1, 0.15) is 0 Å². The molecular weight excluding hydrogens is 447 g/mol. The molecule has 1 atom stereocenters.